The van der Waals surface area contributed by atoms with Gasteiger partial charge in [-0.15, -0.1) is 0 Å². The van der Waals surface area contributed by atoms with Crippen LogP contribution >= 0.6 is 23.4 Å². The Morgan fingerprint density at radius 2 is 2.27 bits per heavy atom. The molecule has 2 atom stereocenters. The van der Waals surface area contributed by atoms with Crippen molar-refractivity contribution in [2.45, 2.75) is 30.5 Å². The molecule has 0 aromatic heterocycles. The molecule has 0 radical (unpaired) electrons. The summed E-state index contributed by atoms with van der Waals surface area (Å²) in [5.41, 5.74) is 1.14. The molecular formula is C11H12ClFOS. The van der Waals surface area contributed by atoms with E-state index in [4.69, 9.17) is 11.6 Å². The first-order valence-corrected chi connectivity index (χ1v) is 6.28. The summed E-state index contributed by atoms with van der Waals surface area (Å²) >= 11 is 7.71. The molecule has 2 rings (SSSR count). The first kappa shape index (κ1) is 11.2. The Balaban J connectivity index is 2.52. The van der Waals surface area contributed by atoms with Crippen LogP contribution in [-0.2, 0) is 5.75 Å². The van der Waals surface area contributed by atoms with Crippen LogP contribution in [0.15, 0.2) is 12.1 Å². The average molecular weight is 247 g/mol. The standard InChI is InChI=1S/C11H12ClFOS/c1-6-4-10(14)11-7(5-15-6)8(12)2-3-9(11)13/h2-3,6,10,14H,4-5H2,1H3/t6?,10-/m1/s1. The van der Waals surface area contributed by atoms with Crippen molar-refractivity contribution in [2.24, 2.45) is 0 Å². The minimum atomic E-state index is -0.733. The molecule has 1 aliphatic heterocycles. The van der Waals surface area contributed by atoms with Crippen LogP contribution in [0.3, 0.4) is 0 Å². The third-order valence-corrected chi connectivity index (χ3v) is 4.22. The summed E-state index contributed by atoms with van der Waals surface area (Å²) in [5, 5.41) is 10.8. The predicted molar refractivity (Wildman–Crippen MR) is 61.7 cm³/mol. The van der Waals surface area contributed by atoms with Crippen molar-refractivity contribution in [1.82, 2.24) is 0 Å². The smallest absolute Gasteiger partial charge is 0.129 e. The maximum Gasteiger partial charge on any atom is 0.129 e. The Hall–Kier alpha value is -0.250. The number of thioether (sulfide) groups is 1. The summed E-state index contributed by atoms with van der Waals surface area (Å²) in [6, 6.07) is 2.88. The van der Waals surface area contributed by atoms with E-state index in [1.54, 1.807) is 17.8 Å². The van der Waals surface area contributed by atoms with Crippen molar-refractivity contribution in [3.63, 3.8) is 0 Å². The van der Waals surface area contributed by atoms with Crippen LogP contribution in [0, 0.1) is 5.82 Å². The van der Waals surface area contributed by atoms with Gasteiger partial charge in [0.15, 0.2) is 0 Å². The number of halogens is 2. The third-order valence-electron chi connectivity index (χ3n) is 2.65. The Morgan fingerprint density at radius 3 is 3.00 bits per heavy atom. The van der Waals surface area contributed by atoms with Crippen molar-refractivity contribution in [3.8, 4) is 0 Å². The van der Waals surface area contributed by atoms with E-state index in [0.29, 0.717) is 28.0 Å². The van der Waals surface area contributed by atoms with E-state index < -0.39 is 6.10 Å². The Labute approximate surface area is 97.6 Å². The van der Waals surface area contributed by atoms with Crippen LogP contribution in [0.2, 0.25) is 5.02 Å². The molecular weight excluding hydrogens is 235 g/mol. The quantitative estimate of drug-likeness (QED) is 0.756. The molecule has 0 fully saturated rings. The van der Waals surface area contributed by atoms with E-state index in [1.807, 2.05) is 6.92 Å². The molecule has 1 aromatic rings. The summed E-state index contributed by atoms with van der Waals surface area (Å²) in [6.07, 6.45) is -0.154. The SMILES string of the molecule is CC1C[C@@H](O)c2c(F)ccc(Cl)c2CS1. The molecule has 0 aliphatic carbocycles. The zero-order valence-corrected chi connectivity index (χ0v) is 9.91. The van der Waals surface area contributed by atoms with Crippen LogP contribution in [0.4, 0.5) is 4.39 Å². The highest BCUT2D eigenvalue weighted by Crippen LogP contribution is 2.39. The fourth-order valence-corrected chi connectivity index (χ4v) is 3.23. The summed E-state index contributed by atoms with van der Waals surface area (Å²) < 4.78 is 13.6. The topological polar surface area (TPSA) is 20.2 Å². The fraction of sp³-hybridized carbons (Fsp3) is 0.455. The highest BCUT2D eigenvalue weighted by Gasteiger charge is 2.25. The minimum absolute atomic E-state index is 0.322. The number of aliphatic hydroxyl groups is 1. The number of hydrogen-bond acceptors (Lipinski definition) is 2. The van der Waals surface area contributed by atoms with Gasteiger partial charge in [-0.05, 0) is 24.1 Å². The maximum atomic E-state index is 13.6. The Morgan fingerprint density at radius 1 is 1.53 bits per heavy atom. The van der Waals surface area contributed by atoms with Gasteiger partial charge in [0.05, 0.1) is 6.10 Å². The summed E-state index contributed by atoms with van der Waals surface area (Å²) in [6.45, 7) is 2.03. The maximum absolute atomic E-state index is 13.6. The van der Waals surface area contributed by atoms with Crippen LogP contribution < -0.4 is 0 Å². The zero-order valence-electron chi connectivity index (χ0n) is 8.34. The van der Waals surface area contributed by atoms with Gasteiger partial charge in [-0.1, -0.05) is 18.5 Å². The van der Waals surface area contributed by atoms with E-state index in [9.17, 15) is 9.50 Å². The van der Waals surface area contributed by atoms with Gasteiger partial charge in [0.2, 0.25) is 0 Å². The molecule has 4 heteroatoms. The second kappa shape index (κ2) is 4.32. The van der Waals surface area contributed by atoms with E-state index in [1.165, 1.54) is 6.07 Å². The van der Waals surface area contributed by atoms with Crippen LogP contribution in [0.1, 0.15) is 30.6 Å². The molecule has 82 valence electrons. The van der Waals surface area contributed by atoms with Gasteiger partial charge in [0.25, 0.3) is 0 Å². The lowest BCUT2D eigenvalue weighted by molar-refractivity contribution is 0.163. The third kappa shape index (κ3) is 2.14. The Bertz CT molecular complexity index is 383. The van der Waals surface area contributed by atoms with Gasteiger partial charge in [-0.25, -0.2) is 4.39 Å². The highest BCUT2D eigenvalue weighted by molar-refractivity contribution is 7.99. The van der Waals surface area contributed by atoms with Crippen molar-refractivity contribution in [2.75, 3.05) is 0 Å². The van der Waals surface area contributed by atoms with Gasteiger partial charge in [0.1, 0.15) is 5.82 Å². The molecule has 1 nitrogen and oxygen atoms in total. The first-order valence-electron chi connectivity index (χ1n) is 4.86. The number of hydrogen-bond donors (Lipinski definition) is 1. The first-order chi connectivity index (χ1) is 7.09. The second-order valence-corrected chi connectivity index (χ2v) is 5.63. The molecule has 0 saturated carbocycles. The van der Waals surface area contributed by atoms with Crippen molar-refractivity contribution in [3.05, 3.63) is 34.1 Å². The van der Waals surface area contributed by atoms with Gasteiger partial charge in [-0.3, -0.25) is 0 Å². The minimum Gasteiger partial charge on any atom is -0.388 e. The number of fused-ring (bicyclic) bond motifs is 1. The molecule has 1 unspecified atom stereocenters. The van der Waals surface area contributed by atoms with Crippen molar-refractivity contribution in [1.29, 1.82) is 0 Å². The zero-order chi connectivity index (χ0) is 11.0. The normalized spacial score (nSPS) is 25.9. The average Bonchev–Trinajstić information content (AvgIpc) is 2.32. The lowest BCUT2D eigenvalue weighted by Crippen LogP contribution is -2.06. The molecule has 1 aromatic carbocycles. The van der Waals surface area contributed by atoms with Crippen LogP contribution in [0.25, 0.3) is 0 Å². The molecule has 0 amide bonds. The van der Waals surface area contributed by atoms with E-state index in [-0.39, 0.29) is 5.82 Å². The molecule has 1 aliphatic rings. The monoisotopic (exact) mass is 246 g/mol. The molecule has 0 spiro atoms. The largest absolute Gasteiger partial charge is 0.388 e. The van der Waals surface area contributed by atoms with E-state index >= 15 is 0 Å². The number of benzene rings is 1. The molecule has 15 heavy (non-hydrogen) atoms. The molecule has 0 bridgehead atoms. The van der Waals surface area contributed by atoms with Crippen LogP contribution in [-0.4, -0.2) is 10.4 Å². The van der Waals surface area contributed by atoms with Crippen molar-refractivity contribution < 1.29 is 9.50 Å². The molecule has 0 saturated heterocycles. The van der Waals surface area contributed by atoms with Gasteiger partial charge >= 0.3 is 0 Å². The van der Waals surface area contributed by atoms with Crippen molar-refractivity contribution >= 4 is 23.4 Å². The number of rotatable bonds is 0. The molecule has 1 heterocycles. The second-order valence-electron chi connectivity index (χ2n) is 3.79. The van der Waals surface area contributed by atoms with E-state index in [0.717, 1.165) is 5.56 Å². The number of aliphatic hydroxyl groups excluding tert-OH is 1. The fourth-order valence-electron chi connectivity index (χ4n) is 1.84. The molecule has 1 N–H and O–H groups in total. The Kier molecular flexibility index (Phi) is 3.24. The van der Waals surface area contributed by atoms with E-state index in [2.05, 4.69) is 0 Å². The van der Waals surface area contributed by atoms with Crippen LogP contribution in [0.5, 0.6) is 0 Å². The lowest BCUT2D eigenvalue weighted by atomic mass is 9.99. The lowest BCUT2D eigenvalue weighted by Gasteiger charge is -2.14. The predicted octanol–water partition coefficient (Wildman–Crippen LogP) is 3.54. The van der Waals surface area contributed by atoms with Gasteiger partial charge in [-0.2, -0.15) is 11.8 Å². The highest BCUT2D eigenvalue weighted by atomic mass is 35.5. The van der Waals surface area contributed by atoms with Gasteiger partial charge in [0, 0.05) is 21.6 Å². The van der Waals surface area contributed by atoms with Gasteiger partial charge < -0.3 is 5.11 Å². The summed E-state index contributed by atoms with van der Waals surface area (Å²) in [5.74, 6) is 0.320. The summed E-state index contributed by atoms with van der Waals surface area (Å²) in [7, 11) is 0. The summed E-state index contributed by atoms with van der Waals surface area (Å²) in [4.78, 5) is 0.